The standard InChI is InChI=1S/C25H22N3/c1-17-8-4-5-9-20(17)25-27(3)23-10-6-7-11-24(23)28(25)22-13-12-19-16-26-15-14-21(19)18(22)2/h4-16H,1-3H3/q+1/i2D3. The number of imidazole rings is 1. The van der Waals surface area contributed by atoms with E-state index in [4.69, 9.17) is 4.11 Å². The third kappa shape index (κ3) is 2.36. The Hall–Kier alpha value is -3.46. The molecule has 5 rings (SSSR count). The highest BCUT2D eigenvalue weighted by Gasteiger charge is 2.27. The highest BCUT2D eigenvalue weighted by molar-refractivity contribution is 5.89. The van der Waals surface area contributed by atoms with Gasteiger partial charge >= 0.3 is 0 Å². The van der Waals surface area contributed by atoms with E-state index in [1.807, 2.05) is 49.5 Å². The van der Waals surface area contributed by atoms with E-state index in [9.17, 15) is 0 Å². The molecule has 5 aromatic rings. The first kappa shape index (κ1) is 13.7. The second-order valence-corrected chi connectivity index (χ2v) is 7.08. The van der Waals surface area contributed by atoms with Gasteiger partial charge in [0.2, 0.25) is 0 Å². The second-order valence-electron chi connectivity index (χ2n) is 7.08. The van der Waals surface area contributed by atoms with E-state index in [1.165, 1.54) is 0 Å². The van der Waals surface area contributed by atoms with Gasteiger partial charge in [0.1, 0.15) is 5.69 Å². The molecule has 0 spiro atoms. The van der Waals surface area contributed by atoms with E-state index >= 15 is 0 Å². The van der Waals surface area contributed by atoms with Gasteiger partial charge in [0.25, 0.3) is 5.82 Å². The van der Waals surface area contributed by atoms with Crippen molar-refractivity contribution in [3.63, 3.8) is 0 Å². The molecule has 0 bridgehead atoms. The van der Waals surface area contributed by atoms with Crippen LogP contribution in [0.4, 0.5) is 0 Å². The summed E-state index contributed by atoms with van der Waals surface area (Å²) in [6.45, 7) is -0.211. The normalized spacial score (nSPS) is 13.4. The van der Waals surface area contributed by atoms with Gasteiger partial charge in [-0.25, -0.2) is 4.57 Å². The molecule has 0 radical (unpaired) electrons. The third-order valence-corrected chi connectivity index (χ3v) is 5.44. The van der Waals surface area contributed by atoms with Gasteiger partial charge in [0.15, 0.2) is 11.0 Å². The molecular weight excluding hydrogens is 342 g/mol. The van der Waals surface area contributed by atoms with Gasteiger partial charge in [-0.2, -0.15) is 4.57 Å². The zero-order valence-corrected chi connectivity index (χ0v) is 15.8. The summed E-state index contributed by atoms with van der Waals surface area (Å²) in [6, 6.07) is 21.9. The summed E-state index contributed by atoms with van der Waals surface area (Å²) in [5.74, 6) is 0.943. The van der Waals surface area contributed by atoms with Gasteiger partial charge in [-0.05, 0) is 61.1 Å². The third-order valence-electron chi connectivity index (χ3n) is 5.44. The largest absolute Gasteiger partial charge is 0.295 e. The Morgan fingerprint density at radius 3 is 2.64 bits per heavy atom. The van der Waals surface area contributed by atoms with Crippen molar-refractivity contribution in [2.24, 2.45) is 7.05 Å². The van der Waals surface area contributed by atoms with Gasteiger partial charge in [-0.3, -0.25) is 4.98 Å². The quantitative estimate of drug-likeness (QED) is 0.389. The lowest BCUT2D eigenvalue weighted by Gasteiger charge is -2.10. The Kier molecular flexibility index (Phi) is 3.08. The van der Waals surface area contributed by atoms with Crippen LogP contribution in [0.1, 0.15) is 15.2 Å². The minimum atomic E-state index is -2.29. The van der Waals surface area contributed by atoms with Crippen LogP contribution in [0.5, 0.6) is 0 Å². The molecule has 0 unspecified atom stereocenters. The maximum atomic E-state index is 8.37. The summed E-state index contributed by atoms with van der Waals surface area (Å²) in [5.41, 5.74) is 5.18. The van der Waals surface area contributed by atoms with Crippen LogP contribution in [-0.4, -0.2) is 9.55 Å². The minimum absolute atomic E-state index is 0.337. The molecule has 0 fully saturated rings. The van der Waals surface area contributed by atoms with Crippen molar-refractivity contribution in [1.82, 2.24) is 9.55 Å². The van der Waals surface area contributed by atoms with E-state index in [1.54, 1.807) is 18.5 Å². The number of rotatable bonds is 2. The predicted molar refractivity (Wildman–Crippen MR) is 115 cm³/mol. The molecule has 3 nitrogen and oxygen atoms in total. The van der Waals surface area contributed by atoms with E-state index in [-0.39, 0.29) is 0 Å². The lowest BCUT2D eigenvalue weighted by Crippen LogP contribution is -2.30. The fourth-order valence-corrected chi connectivity index (χ4v) is 4.03. The van der Waals surface area contributed by atoms with Crippen LogP contribution < -0.4 is 4.57 Å². The molecule has 0 saturated carbocycles. The topological polar surface area (TPSA) is 21.7 Å². The summed E-state index contributed by atoms with van der Waals surface area (Å²) in [4.78, 5) is 4.17. The van der Waals surface area contributed by atoms with Crippen LogP contribution in [0.15, 0.2) is 79.1 Å². The average Bonchev–Trinajstić information content (AvgIpc) is 3.05. The van der Waals surface area contributed by atoms with Gasteiger partial charge in [0, 0.05) is 27.5 Å². The predicted octanol–water partition coefficient (Wildman–Crippen LogP) is 5.29. The molecule has 3 heteroatoms. The maximum Gasteiger partial charge on any atom is 0.295 e. The molecule has 3 aromatic carbocycles. The number of pyridine rings is 1. The Balaban J connectivity index is 1.99. The Morgan fingerprint density at radius 1 is 0.964 bits per heavy atom. The number of benzene rings is 3. The van der Waals surface area contributed by atoms with E-state index < -0.39 is 6.85 Å². The molecule has 136 valence electrons. The Morgan fingerprint density at radius 2 is 1.79 bits per heavy atom. The van der Waals surface area contributed by atoms with Gasteiger partial charge in [-0.15, -0.1) is 0 Å². The number of hydrogen-bond acceptors (Lipinski definition) is 1. The van der Waals surface area contributed by atoms with Crippen LogP contribution in [-0.2, 0) is 7.05 Å². The highest BCUT2D eigenvalue weighted by Crippen LogP contribution is 2.32. The number of para-hydroxylation sites is 2. The molecule has 0 saturated heterocycles. The zero-order valence-electron chi connectivity index (χ0n) is 18.8. The number of fused-ring (bicyclic) bond motifs is 2. The molecule has 0 amide bonds. The van der Waals surface area contributed by atoms with Crippen LogP contribution in [0, 0.1) is 13.8 Å². The van der Waals surface area contributed by atoms with Crippen LogP contribution in [0.2, 0.25) is 0 Å². The monoisotopic (exact) mass is 367 g/mol. The van der Waals surface area contributed by atoms with E-state index in [0.29, 0.717) is 16.6 Å². The average molecular weight is 367 g/mol. The lowest BCUT2D eigenvalue weighted by atomic mass is 10.0. The molecule has 0 aliphatic rings. The van der Waals surface area contributed by atoms with Crippen molar-refractivity contribution in [2.45, 2.75) is 13.8 Å². The molecule has 0 aliphatic carbocycles. The van der Waals surface area contributed by atoms with Crippen LogP contribution in [0.3, 0.4) is 0 Å². The molecule has 0 atom stereocenters. The minimum Gasteiger partial charge on any atom is -0.264 e. The van der Waals surface area contributed by atoms with Crippen molar-refractivity contribution < 1.29 is 8.68 Å². The first-order valence-corrected chi connectivity index (χ1v) is 9.31. The van der Waals surface area contributed by atoms with E-state index in [2.05, 4.69) is 39.2 Å². The van der Waals surface area contributed by atoms with Crippen molar-refractivity contribution in [2.75, 3.05) is 0 Å². The summed E-state index contributed by atoms with van der Waals surface area (Å²) in [6.07, 6.45) is 3.36. The molecule has 28 heavy (non-hydrogen) atoms. The number of nitrogens with zero attached hydrogens (tertiary/aromatic N) is 3. The van der Waals surface area contributed by atoms with Crippen molar-refractivity contribution in [3.8, 4) is 17.1 Å². The highest BCUT2D eigenvalue weighted by atomic mass is 15.2. The smallest absolute Gasteiger partial charge is 0.264 e. The van der Waals surface area contributed by atoms with Gasteiger partial charge in [-0.1, -0.05) is 30.3 Å². The molecule has 2 aromatic heterocycles. The summed E-state index contributed by atoms with van der Waals surface area (Å²) in [7, 11) is 2.03. The number of hydrogen-bond donors (Lipinski definition) is 0. The maximum absolute atomic E-state index is 8.37. The first-order valence-electron chi connectivity index (χ1n) is 10.8. The molecule has 2 heterocycles. The van der Waals surface area contributed by atoms with Crippen molar-refractivity contribution in [1.29, 1.82) is 0 Å². The van der Waals surface area contributed by atoms with Gasteiger partial charge in [0.05, 0.1) is 12.6 Å². The summed E-state index contributed by atoms with van der Waals surface area (Å²) in [5, 5.41) is 1.51. The van der Waals surface area contributed by atoms with Crippen LogP contribution in [0.25, 0.3) is 38.9 Å². The fraction of sp³-hybridized carbons (Fsp3) is 0.120. The zero-order chi connectivity index (χ0) is 21.8. The first-order chi connectivity index (χ1) is 14.9. The van der Waals surface area contributed by atoms with Crippen molar-refractivity contribution in [3.05, 3.63) is 90.3 Å². The SMILES string of the molecule is [2H]C([2H])([2H])c1c(-n2c(-c3ccccc3C)[n+](C)c3ccccc32)ccc2cnccc12. The van der Waals surface area contributed by atoms with E-state index in [0.717, 1.165) is 33.4 Å². The van der Waals surface area contributed by atoms with Crippen LogP contribution >= 0.6 is 0 Å². The Bertz CT molecular complexity index is 1450. The molecular formula is C25H22N3+. The Labute approximate surface area is 168 Å². The molecule has 0 aliphatic heterocycles. The number of aryl methyl sites for hydroxylation is 3. The summed E-state index contributed by atoms with van der Waals surface area (Å²) >= 11 is 0. The second kappa shape index (κ2) is 6.31. The van der Waals surface area contributed by atoms with Crippen molar-refractivity contribution >= 4 is 21.8 Å². The molecule has 0 N–H and O–H groups in total. The number of aromatic nitrogens is 3. The fourth-order valence-electron chi connectivity index (χ4n) is 4.03. The van der Waals surface area contributed by atoms with Gasteiger partial charge < -0.3 is 0 Å². The lowest BCUT2D eigenvalue weighted by molar-refractivity contribution is -0.633. The summed E-state index contributed by atoms with van der Waals surface area (Å²) < 4.78 is 29.3.